The van der Waals surface area contributed by atoms with Crippen LogP contribution < -0.4 is 0 Å². The van der Waals surface area contributed by atoms with Gasteiger partial charge in [0.05, 0.1) is 18.2 Å². The lowest BCUT2D eigenvalue weighted by Crippen LogP contribution is -2.57. The molecule has 2 heterocycles. The summed E-state index contributed by atoms with van der Waals surface area (Å²) < 4.78 is 6.81. The number of likely N-dealkylation sites (tertiary alicyclic amines) is 1. The largest absolute Gasteiger partial charge is 0.479 e. The maximum atomic E-state index is 12.9. The van der Waals surface area contributed by atoms with Crippen molar-refractivity contribution in [1.82, 2.24) is 14.7 Å². The molecule has 2 fully saturated rings. The van der Waals surface area contributed by atoms with Gasteiger partial charge in [0.15, 0.2) is 5.54 Å². The number of amides is 1. The minimum Gasteiger partial charge on any atom is -0.479 e. The van der Waals surface area contributed by atoms with Crippen LogP contribution in [0, 0.1) is 12.3 Å². The van der Waals surface area contributed by atoms with E-state index in [2.05, 4.69) is 5.10 Å². The van der Waals surface area contributed by atoms with Crippen LogP contribution in [-0.4, -0.2) is 58.5 Å². The number of hydrogen-bond donors (Lipinski definition) is 1. The van der Waals surface area contributed by atoms with Crippen LogP contribution in [0.25, 0.3) is 0 Å². The van der Waals surface area contributed by atoms with Crippen molar-refractivity contribution in [3.05, 3.63) is 18.0 Å². The highest BCUT2D eigenvalue weighted by molar-refractivity contribution is 5.84. The smallest absolute Gasteiger partial charge is 0.331 e. The summed E-state index contributed by atoms with van der Waals surface area (Å²) in [7, 11) is 1.62. The SMILES string of the molecule is COCC1(C(=O)N2CCC(C(=O)O)(n3cc(C)cn3)CC2)CCC1. The zero-order chi connectivity index (χ0) is 17.4. The fourth-order valence-electron chi connectivity index (χ4n) is 3.90. The number of carbonyl (C=O) groups excluding carboxylic acids is 1. The third-order valence-electron chi connectivity index (χ3n) is 5.61. The van der Waals surface area contributed by atoms with Gasteiger partial charge in [-0.05, 0) is 25.3 Å². The quantitative estimate of drug-likeness (QED) is 0.879. The molecule has 1 saturated heterocycles. The van der Waals surface area contributed by atoms with Gasteiger partial charge in [-0.1, -0.05) is 6.42 Å². The predicted octanol–water partition coefficient (Wildman–Crippen LogP) is 1.41. The second-order valence-electron chi connectivity index (χ2n) is 7.16. The number of aliphatic carboxylic acids is 1. The molecule has 0 unspecified atom stereocenters. The number of ether oxygens (including phenoxy) is 1. The molecule has 3 rings (SSSR count). The molecular weight excluding hydrogens is 310 g/mol. The van der Waals surface area contributed by atoms with Crippen molar-refractivity contribution >= 4 is 11.9 Å². The van der Waals surface area contributed by atoms with Gasteiger partial charge in [0.2, 0.25) is 5.91 Å². The van der Waals surface area contributed by atoms with Crippen LogP contribution in [0.5, 0.6) is 0 Å². The molecule has 1 aromatic heterocycles. The molecule has 1 saturated carbocycles. The normalized spacial score (nSPS) is 22.0. The molecule has 0 aromatic carbocycles. The number of hydrogen-bond acceptors (Lipinski definition) is 4. The van der Waals surface area contributed by atoms with E-state index < -0.39 is 11.5 Å². The van der Waals surface area contributed by atoms with E-state index in [1.54, 1.807) is 24.2 Å². The summed E-state index contributed by atoms with van der Waals surface area (Å²) in [5, 5.41) is 14.0. The van der Waals surface area contributed by atoms with E-state index in [0.717, 1.165) is 24.8 Å². The van der Waals surface area contributed by atoms with E-state index in [-0.39, 0.29) is 11.3 Å². The monoisotopic (exact) mass is 335 g/mol. The Kier molecular flexibility index (Phi) is 4.38. The van der Waals surface area contributed by atoms with E-state index in [9.17, 15) is 14.7 Å². The van der Waals surface area contributed by atoms with Gasteiger partial charge in [0.1, 0.15) is 0 Å². The van der Waals surface area contributed by atoms with Crippen LogP contribution in [-0.2, 0) is 19.9 Å². The fourth-order valence-corrected chi connectivity index (χ4v) is 3.90. The van der Waals surface area contributed by atoms with Crippen molar-refractivity contribution in [2.24, 2.45) is 5.41 Å². The Balaban J connectivity index is 1.74. The molecule has 0 radical (unpaired) electrons. The van der Waals surface area contributed by atoms with Crippen LogP contribution in [0.3, 0.4) is 0 Å². The lowest BCUT2D eigenvalue weighted by Gasteiger charge is -2.46. The van der Waals surface area contributed by atoms with E-state index in [1.807, 2.05) is 11.8 Å². The van der Waals surface area contributed by atoms with Gasteiger partial charge >= 0.3 is 5.97 Å². The number of nitrogens with zero attached hydrogens (tertiary/aromatic N) is 3. The first kappa shape index (κ1) is 17.0. The summed E-state index contributed by atoms with van der Waals surface area (Å²) >= 11 is 0. The standard InChI is InChI=1S/C17H25N3O4/c1-13-10-18-20(11-13)17(15(22)23)6-8-19(9-7-17)14(21)16(12-24-2)4-3-5-16/h10-11H,3-9,12H2,1-2H3,(H,22,23). The maximum absolute atomic E-state index is 12.9. The number of aromatic nitrogens is 2. The van der Waals surface area contributed by atoms with Gasteiger partial charge in [0.25, 0.3) is 0 Å². The predicted molar refractivity (Wildman–Crippen MR) is 86.5 cm³/mol. The number of aryl methyl sites for hydroxylation is 1. The zero-order valence-corrected chi connectivity index (χ0v) is 14.3. The molecule has 1 aliphatic heterocycles. The van der Waals surface area contributed by atoms with Gasteiger partial charge in [0, 0.05) is 39.2 Å². The van der Waals surface area contributed by atoms with Crippen molar-refractivity contribution < 1.29 is 19.4 Å². The number of piperidine rings is 1. The summed E-state index contributed by atoms with van der Waals surface area (Å²) in [5.41, 5.74) is -0.512. The van der Waals surface area contributed by atoms with Crippen molar-refractivity contribution in [3.63, 3.8) is 0 Å². The average molecular weight is 335 g/mol. The number of carbonyl (C=O) groups is 2. The highest BCUT2D eigenvalue weighted by atomic mass is 16.5. The third-order valence-corrected chi connectivity index (χ3v) is 5.61. The molecular formula is C17H25N3O4. The first-order valence-electron chi connectivity index (χ1n) is 8.47. The number of carboxylic acids is 1. The van der Waals surface area contributed by atoms with Gasteiger partial charge < -0.3 is 14.7 Å². The topological polar surface area (TPSA) is 84.7 Å². The maximum Gasteiger partial charge on any atom is 0.331 e. The molecule has 132 valence electrons. The summed E-state index contributed by atoms with van der Waals surface area (Å²) in [4.78, 5) is 26.7. The molecule has 0 spiro atoms. The van der Waals surface area contributed by atoms with Crippen LogP contribution in [0.15, 0.2) is 12.4 Å². The molecule has 1 aliphatic carbocycles. The summed E-state index contributed by atoms with van der Waals surface area (Å²) in [6.07, 6.45) is 6.95. The molecule has 0 atom stereocenters. The lowest BCUT2D eigenvalue weighted by atomic mass is 9.68. The molecule has 7 nitrogen and oxygen atoms in total. The molecule has 24 heavy (non-hydrogen) atoms. The number of rotatable bonds is 5. The first-order valence-corrected chi connectivity index (χ1v) is 8.47. The molecule has 1 N–H and O–H groups in total. The first-order chi connectivity index (χ1) is 11.4. The summed E-state index contributed by atoms with van der Waals surface area (Å²) in [5.74, 6) is -0.765. The van der Waals surface area contributed by atoms with Crippen molar-refractivity contribution in [2.45, 2.75) is 44.6 Å². The Labute approximate surface area is 141 Å². The Morgan fingerprint density at radius 1 is 1.29 bits per heavy atom. The van der Waals surface area contributed by atoms with Gasteiger partial charge in [-0.3, -0.25) is 9.48 Å². The van der Waals surface area contributed by atoms with Crippen LogP contribution in [0.1, 0.15) is 37.7 Å². The van der Waals surface area contributed by atoms with E-state index in [4.69, 9.17) is 4.74 Å². The van der Waals surface area contributed by atoms with Crippen molar-refractivity contribution in [2.75, 3.05) is 26.8 Å². The van der Waals surface area contributed by atoms with Crippen molar-refractivity contribution in [3.8, 4) is 0 Å². The lowest BCUT2D eigenvalue weighted by molar-refractivity contribution is -0.160. The summed E-state index contributed by atoms with van der Waals surface area (Å²) in [6, 6.07) is 0. The van der Waals surface area contributed by atoms with Crippen LogP contribution in [0.2, 0.25) is 0 Å². The van der Waals surface area contributed by atoms with Gasteiger partial charge in [-0.2, -0.15) is 5.10 Å². The van der Waals surface area contributed by atoms with Crippen molar-refractivity contribution in [1.29, 1.82) is 0 Å². The Morgan fingerprint density at radius 3 is 2.38 bits per heavy atom. The van der Waals surface area contributed by atoms with Crippen LogP contribution in [0.4, 0.5) is 0 Å². The number of methoxy groups -OCH3 is 1. The average Bonchev–Trinajstić information content (AvgIpc) is 2.97. The Morgan fingerprint density at radius 2 is 1.96 bits per heavy atom. The second kappa shape index (κ2) is 6.20. The van der Waals surface area contributed by atoms with Crippen LogP contribution >= 0.6 is 0 Å². The van der Waals surface area contributed by atoms with Gasteiger partial charge in [-0.25, -0.2) is 4.79 Å². The molecule has 2 aliphatic rings. The Hall–Kier alpha value is -1.89. The van der Waals surface area contributed by atoms with E-state index in [0.29, 0.717) is 32.5 Å². The number of carboxylic acid groups (broad SMARTS) is 1. The molecule has 7 heteroatoms. The second-order valence-corrected chi connectivity index (χ2v) is 7.16. The minimum absolute atomic E-state index is 0.117. The van der Waals surface area contributed by atoms with Gasteiger partial charge in [-0.15, -0.1) is 0 Å². The Bertz CT molecular complexity index is 628. The highest BCUT2D eigenvalue weighted by Crippen LogP contribution is 2.44. The molecule has 1 amide bonds. The zero-order valence-electron chi connectivity index (χ0n) is 14.3. The fraction of sp³-hybridized carbons (Fsp3) is 0.706. The highest BCUT2D eigenvalue weighted by Gasteiger charge is 2.50. The minimum atomic E-state index is -1.06. The van der Waals surface area contributed by atoms with E-state index >= 15 is 0 Å². The van der Waals surface area contributed by atoms with E-state index in [1.165, 1.54) is 0 Å². The molecule has 1 aromatic rings. The molecule has 0 bridgehead atoms. The third kappa shape index (κ3) is 2.60. The summed E-state index contributed by atoms with van der Waals surface area (Å²) in [6.45, 7) is 3.22.